The van der Waals surface area contributed by atoms with Gasteiger partial charge >= 0.3 is 0 Å². The first-order valence-electron chi connectivity index (χ1n) is 5.59. The van der Waals surface area contributed by atoms with Crippen LogP contribution in [-0.4, -0.2) is 8.32 Å². The van der Waals surface area contributed by atoms with Gasteiger partial charge in [-0.05, 0) is 52.6 Å². The topological polar surface area (TPSA) is 9.23 Å². The summed E-state index contributed by atoms with van der Waals surface area (Å²) in [5, 5.41) is 0.231. The lowest BCUT2D eigenvalue weighted by molar-refractivity contribution is 0.487. The van der Waals surface area contributed by atoms with Gasteiger partial charge in [-0.15, -0.1) is 0 Å². The summed E-state index contributed by atoms with van der Waals surface area (Å²) in [4.78, 5) is 0. The predicted octanol–water partition coefficient (Wildman–Crippen LogP) is 5.14. The van der Waals surface area contributed by atoms with Crippen LogP contribution in [0.25, 0.3) is 0 Å². The first-order chi connectivity index (χ1) is 7.15. The smallest absolute Gasteiger partial charge is 0.250 e. The molecule has 0 radical (unpaired) electrons. The second kappa shape index (κ2) is 4.53. The Morgan fingerprint density at radius 1 is 1.19 bits per heavy atom. The Kier molecular flexibility index (Phi) is 3.90. The van der Waals surface area contributed by atoms with Gasteiger partial charge in [-0.2, -0.15) is 0 Å². The van der Waals surface area contributed by atoms with Crippen LogP contribution in [0.5, 0.6) is 5.75 Å². The molecule has 0 unspecified atom stereocenters. The van der Waals surface area contributed by atoms with Gasteiger partial charge in [-0.1, -0.05) is 32.9 Å². The Bertz CT molecular complexity index is 360. The van der Waals surface area contributed by atoms with E-state index in [0.29, 0.717) is 0 Å². The minimum absolute atomic E-state index is 0.231. The zero-order valence-electron chi connectivity index (χ0n) is 11.0. The molecule has 0 aliphatic rings. The van der Waals surface area contributed by atoms with E-state index < -0.39 is 8.32 Å². The largest absolute Gasteiger partial charge is 0.543 e. The second-order valence-corrected chi connectivity index (χ2v) is 11.3. The lowest BCUT2D eigenvalue weighted by Gasteiger charge is -2.37. The highest BCUT2D eigenvalue weighted by Crippen LogP contribution is 2.40. The fourth-order valence-corrected chi connectivity index (χ4v) is 2.94. The van der Waals surface area contributed by atoms with Crippen molar-refractivity contribution in [3.63, 3.8) is 0 Å². The van der Waals surface area contributed by atoms with Crippen LogP contribution in [-0.2, 0) is 0 Å². The molecule has 0 spiro atoms. The Hall–Kier alpha value is -0.283. The number of benzene rings is 1. The molecule has 0 saturated carbocycles. The molecule has 1 aromatic carbocycles. The fourth-order valence-electron chi connectivity index (χ4n) is 1.15. The summed E-state index contributed by atoms with van der Waals surface area (Å²) in [6.07, 6.45) is 0. The average Bonchev–Trinajstić information content (AvgIpc) is 2.10. The van der Waals surface area contributed by atoms with Crippen molar-refractivity contribution in [2.45, 2.75) is 45.8 Å². The standard InChI is InChI=1S/C13H21BrOSi/c1-10-8-7-9-11(14)12(10)15-16(5,6)13(2,3)4/h7-9H,1-6H3. The van der Waals surface area contributed by atoms with Crippen molar-refractivity contribution in [1.82, 2.24) is 0 Å². The normalized spacial score (nSPS) is 12.7. The number of aryl methyl sites for hydroxylation is 1. The summed E-state index contributed by atoms with van der Waals surface area (Å²) in [6.45, 7) is 13.4. The van der Waals surface area contributed by atoms with Crippen LogP contribution in [0.1, 0.15) is 26.3 Å². The predicted molar refractivity (Wildman–Crippen MR) is 76.7 cm³/mol. The highest BCUT2D eigenvalue weighted by Gasteiger charge is 2.39. The van der Waals surface area contributed by atoms with Crippen LogP contribution >= 0.6 is 15.9 Å². The van der Waals surface area contributed by atoms with Crippen molar-refractivity contribution < 1.29 is 4.43 Å². The number of rotatable bonds is 2. The Morgan fingerprint density at radius 2 is 1.75 bits per heavy atom. The fraction of sp³-hybridized carbons (Fsp3) is 0.538. The van der Waals surface area contributed by atoms with E-state index in [1.54, 1.807) is 0 Å². The van der Waals surface area contributed by atoms with Gasteiger partial charge in [0.05, 0.1) is 4.47 Å². The molecule has 0 fully saturated rings. The van der Waals surface area contributed by atoms with Gasteiger partial charge in [0, 0.05) is 0 Å². The molecule has 0 aliphatic carbocycles. The highest BCUT2D eigenvalue weighted by molar-refractivity contribution is 9.10. The third kappa shape index (κ3) is 2.89. The van der Waals surface area contributed by atoms with Crippen LogP contribution in [0, 0.1) is 6.92 Å². The second-order valence-electron chi connectivity index (χ2n) is 5.75. The molecule has 1 nitrogen and oxygen atoms in total. The van der Waals surface area contributed by atoms with Crippen molar-refractivity contribution in [2.75, 3.05) is 0 Å². The molecule has 1 rings (SSSR count). The summed E-state index contributed by atoms with van der Waals surface area (Å²) in [5.41, 5.74) is 1.19. The van der Waals surface area contributed by atoms with Crippen LogP contribution in [0.2, 0.25) is 18.1 Å². The van der Waals surface area contributed by atoms with E-state index in [2.05, 4.69) is 62.8 Å². The molecule has 0 aromatic heterocycles. The van der Waals surface area contributed by atoms with Gasteiger partial charge in [-0.3, -0.25) is 0 Å². The van der Waals surface area contributed by atoms with E-state index in [1.807, 2.05) is 12.1 Å². The van der Waals surface area contributed by atoms with Crippen molar-refractivity contribution in [2.24, 2.45) is 0 Å². The summed E-state index contributed by atoms with van der Waals surface area (Å²) >= 11 is 3.56. The van der Waals surface area contributed by atoms with E-state index in [1.165, 1.54) is 5.56 Å². The molecule has 0 aliphatic heterocycles. The summed E-state index contributed by atoms with van der Waals surface area (Å²) in [7, 11) is -1.74. The molecule has 1 aromatic rings. The van der Waals surface area contributed by atoms with Crippen LogP contribution in [0.15, 0.2) is 22.7 Å². The van der Waals surface area contributed by atoms with E-state index in [-0.39, 0.29) is 5.04 Å². The van der Waals surface area contributed by atoms with Gasteiger partial charge in [0.1, 0.15) is 5.75 Å². The average molecular weight is 301 g/mol. The first kappa shape index (κ1) is 13.8. The maximum Gasteiger partial charge on any atom is 0.250 e. The minimum atomic E-state index is -1.74. The van der Waals surface area contributed by atoms with E-state index in [0.717, 1.165) is 10.2 Å². The molecule has 0 saturated heterocycles. The number of para-hydroxylation sites is 1. The van der Waals surface area contributed by atoms with Crippen molar-refractivity contribution in [3.05, 3.63) is 28.2 Å². The maximum atomic E-state index is 6.32. The zero-order valence-corrected chi connectivity index (χ0v) is 13.6. The molecule has 0 N–H and O–H groups in total. The summed E-state index contributed by atoms with van der Waals surface area (Å²) in [5.74, 6) is 1.01. The SMILES string of the molecule is Cc1cccc(Br)c1O[Si](C)(C)C(C)(C)C. The Morgan fingerprint density at radius 3 is 2.19 bits per heavy atom. The molecule has 16 heavy (non-hydrogen) atoms. The lowest BCUT2D eigenvalue weighted by Crippen LogP contribution is -2.44. The van der Waals surface area contributed by atoms with Crippen LogP contribution < -0.4 is 4.43 Å². The zero-order chi connectivity index (χ0) is 12.6. The molecule has 0 heterocycles. The first-order valence-corrected chi connectivity index (χ1v) is 9.29. The maximum absolute atomic E-state index is 6.32. The van der Waals surface area contributed by atoms with Crippen LogP contribution in [0.3, 0.4) is 0 Å². The molecule has 0 atom stereocenters. The molecular formula is C13H21BrOSi. The number of hydrogen-bond donors (Lipinski definition) is 0. The van der Waals surface area contributed by atoms with Crippen molar-refractivity contribution >= 4 is 24.2 Å². The minimum Gasteiger partial charge on any atom is -0.543 e. The van der Waals surface area contributed by atoms with Gasteiger partial charge in [0.2, 0.25) is 0 Å². The van der Waals surface area contributed by atoms with E-state index in [4.69, 9.17) is 4.43 Å². The van der Waals surface area contributed by atoms with Crippen molar-refractivity contribution in [1.29, 1.82) is 0 Å². The quantitative estimate of drug-likeness (QED) is 0.687. The molecule has 3 heteroatoms. The number of hydrogen-bond acceptors (Lipinski definition) is 1. The van der Waals surface area contributed by atoms with Gasteiger partial charge < -0.3 is 4.43 Å². The lowest BCUT2D eigenvalue weighted by atomic mass is 10.2. The van der Waals surface area contributed by atoms with Crippen LogP contribution in [0.4, 0.5) is 0 Å². The number of halogens is 1. The highest BCUT2D eigenvalue weighted by atomic mass is 79.9. The van der Waals surface area contributed by atoms with E-state index >= 15 is 0 Å². The Balaban J connectivity index is 3.06. The molecule has 90 valence electrons. The third-order valence-corrected chi connectivity index (χ3v) is 8.28. The Labute approximate surface area is 108 Å². The molecule has 0 amide bonds. The molecule has 0 bridgehead atoms. The van der Waals surface area contributed by atoms with Gasteiger partial charge in [0.25, 0.3) is 8.32 Å². The summed E-state index contributed by atoms with van der Waals surface area (Å²) in [6, 6.07) is 6.17. The monoisotopic (exact) mass is 300 g/mol. The van der Waals surface area contributed by atoms with Gasteiger partial charge in [0.15, 0.2) is 0 Å². The van der Waals surface area contributed by atoms with E-state index in [9.17, 15) is 0 Å². The van der Waals surface area contributed by atoms with Crippen molar-refractivity contribution in [3.8, 4) is 5.75 Å². The third-order valence-electron chi connectivity index (χ3n) is 3.33. The molecular weight excluding hydrogens is 280 g/mol. The summed E-state index contributed by atoms with van der Waals surface area (Å²) < 4.78 is 7.37. The van der Waals surface area contributed by atoms with Gasteiger partial charge in [-0.25, -0.2) is 0 Å².